The van der Waals surface area contributed by atoms with Gasteiger partial charge in [-0.05, 0) is 62.1 Å². The maximum absolute atomic E-state index is 11.9. The molecule has 0 N–H and O–H groups in total. The lowest BCUT2D eigenvalue weighted by atomic mass is 10.1. The summed E-state index contributed by atoms with van der Waals surface area (Å²) in [5.41, 5.74) is 2.22. The topological polar surface area (TPSA) is 54.0 Å². The van der Waals surface area contributed by atoms with Crippen LogP contribution in [0.25, 0.3) is 0 Å². The number of ether oxygens (including phenoxy) is 4. The van der Waals surface area contributed by atoms with E-state index >= 15 is 0 Å². The Hall–Kier alpha value is -2.37. The van der Waals surface area contributed by atoms with Crippen LogP contribution in [0.1, 0.15) is 25.0 Å². The van der Waals surface area contributed by atoms with Gasteiger partial charge in [-0.2, -0.15) is 0 Å². The number of rotatable bonds is 8. The quantitative estimate of drug-likeness (QED) is 0.516. The molecule has 0 radical (unpaired) electrons. The largest absolute Gasteiger partial charge is 0.519 e. The van der Waals surface area contributed by atoms with E-state index < -0.39 is 6.16 Å². The van der Waals surface area contributed by atoms with Crippen molar-refractivity contribution < 1.29 is 23.7 Å². The number of hydrogen-bond donors (Lipinski definition) is 0. The summed E-state index contributed by atoms with van der Waals surface area (Å²) in [6.07, 6.45) is 1.12. The van der Waals surface area contributed by atoms with Crippen molar-refractivity contribution in [1.29, 1.82) is 0 Å². The fourth-order valence-corrected chi connectivity index (χ4v) is 2.43. The molecule has 0 fully saturated rings. The molecule has 140 valence electrons. The summed E-state index contributed by atoms with van der Waals surface area (Å²) in [4.78, 5) is 11.9. The zero-order valence-corrected chi connectivity index (χ0v) is 15.7. The molecule has 2 atom stereocenters. The summed E-state index contributed by atoms with van der Waals surface area (Å²) in [7, 11) is 3.37. The maximum Gasteiger partial charge on any atom is 0.519 e. The van der Waals surface area contributed by atoms with Gasteiger partial charge in [-0.3, -0.25) is 0 Å². The average molecular weight is 358 g/mol. The van der Waals surface area contributed by atoms with Crippen LogP contribution in [0.3, 0.4) is 0 Å². The molecule has 5 nitrogen and oxygen atoms in total. The molecule has 0 amide bonds. The Morgan fingerprint density at radius 1 is 0.731 bits per heavy atom. The fraction of sp³-hybridized carbons (Fsp3) is 0.381. The Morgan fingerprint density at radius 3 is 1.38 bits per heavy atom. The minimum atomic E-state index is -0.763. The van der Waals surface area contributed by atoms with Gasteiger partial charge in [-0.1, -0.05) is 24.3 Å². The summed E-state index contributed by atoms with van der Waals surface area (Å²) in [6.45, 7) is 4.01. The minimum Gasteiger partial charge on any atom is -0.395 e. The molecule has 2 aromatic carbocycles. The second-order valence-corrected chi connectivity index (χ2v) is 6.24. The van der Waals surface area contributed by atoms with Crippen LogP contribution in [0.5, 0.6) is 11.5 Å². The van der Waals surface area contributed by atoms with E-state index in [0.29, 0.717) is 11.5 Å². The highest BCUT2D eigenvalue weighted by molar-refractivity contribution is 5.67. The first-order valence-corrected chi connectivity index (χ1v) is 8.63. The molecule has 2 aromatic rings. The number of methoxy groups -OCH3 is 2. The zero-order chi connectivity index (χ0) is 18.9. The SMILES string of the molecule is COC(C)Cc1ccc(OC(=O)Oc2ccc(CC(C)OC)cc2)cc1. The molecular formula is C21H26O5. The van der Waals surface area contributed by atoms with E-state index in [2.05, 4.69) is 0 Å². The summed E-state index contributed by atoms with van der Waals surface area (Å²) in [5, 5.41) is 0. The fourth-order valence-electron chi connectivity index (χ4n) is 2.43. The van der Waals surface area contributed by atoms with Gasteiger partial charge in [0.1, 0.15) is 11.5 Å². The van der Waals surface area contributed by atoms with E-state index in [1.165, 1.54) is 0 Å². The monoisotopic (exact) mass is 358 g/mol. The highest BCUT2D eigenvalue weighted by atomic mass is 16.7. The van der Waals surface area contributed by atoms with Crippen molar-refractivity contribution in [1.82, 2.24) is 0 Å². The molecule has 0 saturated heterocycles. The van der Waals surface area contributed by atoms with Crippen LogP contribution in [0.2, 0.25) is 0 Å². The molecule has 0 heterocycles. The molecule has 0 saturated carbocycles. The average Bonchev–Trinajstić information content (AvgIpc) is 2.64. The van der Waals surface area contributed by atoms with Crippen LogP contribution >= 0.6 is 0 Å². The van der Waals surface area contributed by atoms with Crippen LogP contribution in [0.15, 0.2) is 48.5 Å². The van der Waals surface area contributed by atoms with Crippen molar-refractivity contribution >= 4 is 6.16 Å². The third kappa shape index (κ3) is 6.50. The predicted molar refractivity (Wildman–Crippen MR) is 99.9 cm³/mol. The zero-order valence-electron chi connectivity index (χ0n) is 15.7. The second-order valence-electron chi connectivity index (χ2n) is 6.24. The van der Waals surface area contributed by atoms with Crippen LogP contribution < -0.4 is 9.47 Å². The number of hydrogen-bond acceptors (Lipinski definition) is 5. The maximum atomic E-state index is 11.9. The summed E-state index contributed by atoms with van der Waals surface area (Å²) in [6, 6.07) is 14.6. The van der Waals surface area contributed by atoms with Gasteiger partial charge in [0.2, 0.25) is 0 Å². The molecule has 0 bridgehead atoms. The van der Waals surface area contributed by atoms with Gasteiger partial charge < -0.3 is 18.9 Å². The van der Waals surface area contributed by atoms with E-state index in [4.69, 9.17) is 18.9 Å². The smallest absolute Gasteiger partial charge is 0.395 e. The van der Waals surface area contributed by atoms with Crippen LogP contribution in [0, 0.1) is 0 Å². The van der Waals surface area contributed by atoms with Gasteiger partial charge in [-0.15, -0.1) is 0 Å². The second kappa shape index (κ2) is 9.94. The highest BCUT2D eigenvalue weighted by Crippen LogP contribution is 2.17. The number of carbonyl (C=O) groups is 1. The third-order valence-electron chi connectivity index (χ3n) is 4.10. The Balaban J connectivity index is 1.86. The Morgan fingerprint density at radius 2 is 1.08 bits per heavy atom. The van der Waals surface area contributed by atoms with Crippen molar-refractivity contribution in [2.24, 2.45) is 0 Å². The molecule has 0 aliphatic rings. The van der Waals surface area contributed by atoms with Gasteiger partial charge in [-0.25, -0.2) is 4.79 Å². The van der Waals surface area contributed by atoms with Crippen molar-refractivity contribution in [2.75, 3.05) is 14.2 Å². The van der Waals surface area contributed by atoms with Crippen LogP contribution in [0.4, 0.5) is 4.79 Å². The van der Waals surface area contributed by atoms with Gasteiger partial charge in [0.05, 0.1) is 12.2 Å². The first-order valence-electron chi connectivity index (χ1n) is 8.63. The predicted octanol–water partition coefficient (Wildman–Crippen LogP) is 4.42. The van der Waals surface area contributed by atoms with Crippen molar-refractivity contribution in [3.05, 3.63) is 59.7 Å². The molecule has 0 aliphatic heterocycles. The van der Waals surface area contributed by atoms with E-state index in [1.807, 2.05) is 38.1 Å². The Labute approximate surface area is 154 Å². The molecule has 5 heteroatoms. The van der Waals surface area contributed by atoms with E-state index in [-0.39, 0.29) is 12.2 Å². The standard InChI is InChI=1S/C21H26O5/c1-15(23-3)13-17-5-9-19(10-6-17)25-21(22)26-20-11-7-18(8-12-20)14-16(2)24-4/h5-12,15-16H,13-14H2,1-4H3. The molecular weight excluding hydrogens is 332 g/mol. The van der Waals surface area contributed by atoms with E-state index in [0.717, 1.165) is 24.0 Å². The highest BCUT2D eigenvalue weighted by Gasteiger charge is 2.09. The molecule has 0 spiro atoms. The first-order chi connectivity index (χ1) is 12.5. The molecule has 2 rings (SSSR count). The lowest BCUT2D eigenvalue weighted by molar-refractivity contribution is 0.118. The van der Waals surface area contributed by atoms with Gasteiger partial charge in [0.25, 0.3) is 0 Å². The van der Waals surface area contributed by atoms with Crippen molar-refractivity contribution in [3.63, 3.8) is 0 Å². The molecule has 2 unspecified atom stereocenters. The lowest BCUT2D eigenvalue weighted by Gasteiger charge is -2.11. The summed E-state index contributed by atoms with van der Waals surface area (Å²) in [5.74, 6) is 0.878. The van der Waals surface area contributed by atoms with Crippen molar-refractivity contribution in [2.45, 2.75) is 38.9 Å². The first kappa shape index (κ1) is 19.9. The van der Waals surface area contributed by atoms with E-state index in [1.54, 1.807) is 38.5 Å². The van der Waals surface area contributed by atoms with Crippen LogP contribution in [-0.2, 0) is 22.3 Å². The molecule has 0 aromatic heterocycles. The van der Waals surface area contributed by atoms with E-state index in [9.17, 15) is 4.79 Å². The van der Waals surface area contributed by atoms with Gasteiger partial charge in [0.15, 0.2) is 0 Å². The van der Waals surface area contributed by atoms with Crippen LogP contribution in [-0.4, -0.2) is 32.6 Å². The van der Waals surface area contributed by atoms with Crippen molar-refractivity contribution in [3.8, 4) is 11.5 Å². The lowest BCUT2D eigenvalue weighted by Crippen LogP contribution is -2.14. The molecule has 26 heavy (non-hydrogen) atoms. The van der Waals surface area contributed by atoms with Gasteiger partial charge in [0, 0.05) is 14.2 Å². The Kier molecular flexibility index (Phi) is 7.63. The minimum absolute atomic E-state index is 0.140. The number of benzene rings is 2. The Bertz CT molecular complexity index is 619. The molecule has 0 aliphatic carbocycles. The number of carbonyl (C=O) groups excluding carboxylic acids is 1. The normalized spacial score (nSPS) is 13.1. The summed E-state index contributed by atoms with van der Waals surface area (Å²) >= 11 is 0. The van der Waals surface area contributed by atoms with Gasteiger partial charge >= 0.3 is 6.16 Å². The summed E-state index contributed by atoms with van der Waals surface area (Å²) < 4.78 is 20.9. The third-order valence-corrected chi connectivity index (χ3v) is 4.10.